The largest absolute Gasteiger partial charge is 0.361 e. The van der Waals surface area contributed by atoms with Gasteiger partial charge in [0.15, 0.2) is 11.4 Å². The molecule has 0 aromatic carbocycles. The molecule has 1 saturated heterocycles. The summed E-state index contributed by atoms with van der Waals surface area (Å²) in [5.74, 6) is 0.605. The Balaban J connectivity index is 1.46. The van der Waals surface area contributed by atoms with Crippen LogP contribution in [0.15, 0.2) is 33.6 Å². The van der Waals surface area contributed by atoms with Crippen LogP contribution in [0, 0.1) is 6.92 Å². The number of amides is 1. The van der Waals surface area contributed by atoms with Gasteiger partial charge in [0.05, 0.1) is 0 Å². The lowest BCUT2D eigenvalue weighted by molar-refractivity contribution is 0.0243. The summed E-state index contributed by atoms with van der Waals surface area (Å²) in [5, 5.41) is 7.83. The molecule has 30 heavy (non-hydrogen) atoms. The minimum atomic E-state index is -1.78. The Labute approximate surface area is 172 Å². The molecule has 0 aliphatic carbocycles. The fraction of sp³-hybridized carbons (Fsp3) is 0.450. The average molecular weight is 414 g/mol. The number of halogens is 1. The second-order valence-electron chi connectivity index (χ2n) is 7.72. The monoisotopic (exact) mass is 414 g/mol. The lowest BCUT2D eigenvalue weighted by Gasteiger charge is -2.33. The first-order valence-electron chi connectivity index (χ1n) is 9.70. The van der Waals surface area contributed by atoms with E-state index < -0.39 is 5.67 Å². The highest BCUT2D eigenvalue weighted by molar-refractivity contribution is 5.93. The number of rotatable bonds is 5. The highest BCUT2D eigenvalue weighted by atomic mass is 19.1. The molecule has 9 nitrogen and oxygen atoms in total. The third-order valence-electron chi connectivity index (χ3n) is 5.25. The highest BCUT2D eigenvalue weighted by Crippen LogP contribution is 2.37. The third kappa shape index (κ3) is 3.82. The molecule has 0 radical (unpaired) electrons. The first-order chi connectivity index (χ1) is 14.4. The van der Waals surface area contributed by atoms with Crippen LogP contribution in [0.3, 0.4) is 0 Å². The SMILES string of the molecule is Cc1onc(C(=O)N2CCC(F)(c3nc(-c4ccncc4)no3)CC2)c1CN(C)C. The van der Waals surface area contributed by atoms with Crippen molar-refractivity contribution in [1.29, 1.82) is 0 Å². The molecule has 0 saturated carbocycles. The smallest absolute Gasteiger partial charge is 0.276 e. The van der Waals surface area contributed by atoms with Gasteiger partial charge < -0.3 is 18.8 Å². The van der Waals surface area contributed by atoms with Gasteiger partial charge in [-0.05, 0) is 33.2 Å². The number of alkyl halides is 1. The summed E-state index contributed by atoms with van der Waals surface area (Å²) in [5.41, 5.74) is -0.0429. The molecule has 1 aliphatic heterocycles. The van der Waals surface area contributed by atoms with E-state index in [2.05, 4.69) is 20.3 Å². The Morgan fingerprint density at radius 3 is 2.57 bits per heavy atom. The molecule has 0 N–H and O–H groups in total. The first-order valence-corrected chi connectivity index (χ1v) is 9.70. The van der Waals surface area contributed by atoms with E-state index in [9.17, 15) is 4.79 Å². The zero-order chi connectivity index (χ0) is 21.3. The fourth-order valence-corrected chi connectivity index (χ4v) is 3.51. The number of hydrogen-bond donors (Lipinski definition) is 0. The lowest BCUT2D eigenvalue weighted by atomic mass is 9.93. The van der Waals surface area contributed by atoms with Crippen LogP contribution in [0.1, 0.15) is 40.5 Å². The van der Waals surface area contributed by atoms with Crippen LogP contribution in [0.5, 0.6) is 0 Å². The molecule has 0 spiro atoms. The van der Waals surface area contributed by atoms with Crippen LogP contribution in [-0.2, 0) is 12.2 Å². The molecule has 3 aromatic rings. The normalized spacial score (nSPS) is 16.2. The first kappa shape index (κ1) is 20.1. The highest BCUT2D eigenvalue weighted by Gasteiger charge is 2.43. The van der Waals surface area contributed by atoms with Gasteiger partial charge in [0.2, 0.25) is 5.82 Å². The molecule has 4 heterocycles. The minimum absolute atomic E-state index is 0.0630. The Kier molecular flexibility index (Phi) is 5.33. The van der Waals surface area contributed by atoms with Crippen LogP contribution >= 0.6 is 0 Å². The molecule has 3 aromatic heterocycles. The Morgan fingerprint density at radius 1 is 1.20 bits per heavy atom. The van der Waals surface area contributed by atoms with Crippen molar-refractivity contribution in [3.05, 3.63) is 47.4 Å². The van der Waals surface area contributed by atoms with Crippen LogP contribution in [0.4, 0.5) is 4.39 Å². The number of aromatic nitrogens is 4. The molecule has 1 amide bonds. The van der Waals surface area contributed by atoms with E-state index in [1.807, 2.05) is 19.0 Å². The molecular formula is C20H23FN6O3. The van der Waals surface area contributed by atoms with Crippen LogP contribution in [-0.4, -0.2) is 63.2 Å². The number of hydrogen-bond acceptors (Lipinski definition) is 8. The summed E-state index contributed by atoms with van der Waals surface area (Å²) in [7, 11) is 3.81. The minimum Gasteiger partial charge on any atom is -0.361 e. The summed E-state index contributed by atoms with van der Waals surface area (Å²) in [6.45, 7) is 2.75. The van der Waals surface area contributed by atoms with E-state index >= 15 is 4.39 Å². The number of nitrogens with zero attached hydrogens (tertiary/aromatic N) is 6. The zero-order valence-corrected chi connectivity index (χ0v) is 17.1. The predicted octanol–water partition coefficient (Wildman–Crippen LogP) is 2.59. The molecule has 4 rings (SSSR count). The number of carbonyl (C=O) groups excluding carboxylic acids is 1. The molecule has 10 heteroatoms. The number of carbonyl (C=O) groups is 1. The van der Waals surface area contributed by atoms with Gasteiger partial charge in [-0.2, -0.15) is 4.98 Å². The summed E-state index contributed by atoms with van der Waals surface area (Å²) in [6.07, 6.45) is 3.35. The second kappa shape index (κ2) is 7.94. The van der Waals surface area contributed by atoms with Gasteiger partial charge in [0.25, 0.3) is 11.8 Å². The van der Waals surface area contributed by atoms with Gasteiger partial charge >= 0.3 is 0 Å². The molecular weight excluding hydrogens is 391 g/mol. The Morgan fingerprint density at radius 2 is 1.90 bits per heavy atom. The van der Waals surface area contributed by atoms with Crippen molar-refractivity contribution in [1.82, 2.24) is 30.1 Å². The van der Waals surface area contributed by atoms with Crippen molar-refractivity contribution >= 4 is 5.91 Å². The summed E-state index contributed by atoms with van der Waals surface area (Å²) in [6, 6.07) is 3.46. The molecule has 0 bridgehead atoms. The third-order valence-corrected chi connectivity index (χ3v) is 5.25. The number of piperidine rings is 1. The van der Waals surface area contributed by atoms with E-state index in [1.54, 1.807) is 36.4 Å². The second-order valence-corrected chi connectivity index (χ2v) is 7.72. The number of pyridine rings is 1. The molecule has 0 atom stereocenters. The maximum Gasteiger partial charge on any atom is 0.276 e. The van der Waals surface area contributed by atoms with E-state index in [4.69, 9.17) is 9.05 Å². The van der Waals surface area contributed by atoms with Crippen molar-refractivity contribution in [3.8, 4) is 11.4 Å². The molecule has 158 valence electrons. The maximum absolute atomic E-state index is 15.5. The van der Waals surface area contributed by atoms with Gasteiger partial charge in [-0.15, -0.1) is 0 Å². The van der Waals surface area contributed by atoms with E-state index in [1.165, 1.54) is 0 Å². The summed E-state index contributed by atoms with van der Waals surface area (Å²) >= 11 is 0. The van der Waals surface area contributed by atoms with E-state index in [-0.39, 0.29) is 43.4 Å². The van der Waals surface area contributed by atoms with Gasteiger partial charge in [-0.25, -0.2) is 4.39 Å². The van der Waals surface area contributed by atoms with Crippen molar-refractivity contribution in [3.63, 3.8) is 0 Å². The van der Waals surface area contributed by atoms with Gasteiger partial charge in [-0.3, -0.25) is 9.78 Å². The predicted molar refractivity (Wildman–Crippen MR) is 104 cm³/mol. The fourth-order valence-electron chi connectivity index (χ4n) is 3.51. The molecule has 1 fully saturated rings. The van der Waals surface area contributed by atoms with Crippen LogP contribution in [0.2, 0.25) is 0 Å². The van der Waals surface area contributed by atoms with Gasteiger partial charge in [0, 0.05) is 56.0 Å². The van der Waals surface area contributed by atoms with E-state index in [0.717, 1.165) is 5.56 Å². The zero-order valence-electron chi connectivity index (χ0n) is 17.1. The van der Waals surface area contributed by atoms with Gasteiger partial charge in [0.1, 0.15) is 5.76 Å². The van der Waals surface area contributed by atoms with E-state index in [0.29, 0.717) is 23.7 Å². The summed E-state index contributed by atoms with van der Waals surface area (Å²) < 4.78 is 26.0. The maximum atomic E-state index is 15.5. The van der Waals surface area contributed by atoms with Crippen molar-refractivity contribution < 1.29 is 18.2 Å². The quantitative estimate of drug-likeness (QED) is 0.628. The van der Waals surface area contributed by atoms with Crippen molar-refractivity contribution in [2.75, 3.05) is 27.2 Å². The topological polar surface area (TPSA) is 101 Å². The van der Waals surface area contributed by atoms with Crippen molar-refractivity contribution in [2.24, 2.45) is 0 Å². The number of aryl methyl sites for hydroxylation is 1. The standard InChI is InChI=1S/C20H23FN6O3/c1-13-15(12-26(2)3)16(24-29-13)18(28)27-10-6-20(21,7-11-27)19-23-17(25-30-19)14-4-8-22-9-5-14/h4-5,8-9H,6-7,10-12H2,1-3H3. The lowest BCUT2D eigenvalue weighted by Crippen LogP contribution is -2.44. The van der Waals surface area contributed by atoms with Gasteiger partial charge in [-0.1, -0.05) is 10.3 Å². The van der Waals surface area contributed by atoms with Crippen LogP contribution < -0.4 is 0 Å². The molecule has 1 aliphatic rings. The Bertz CT molecular complexity index is 1020. The van der Waals surface area contributed by atoms with Crippen molar-refractivity contribution in [2.45, 2.75) is 32.0 Å². The molecule has 0 unspecified atom stereocenters. The Hall–Kier alpha value is -3.14. The average Bonchev–Trinajstić information content (AvgIpc) is 3.37. The number of likely N-dealkylation sites (tertiary alicyclic amines) is 1. The summed E-state index contributed by atoms with van der Waals surface area (Å²) in [4.78, 5) is 24.7. The van der Waals surface area contributed by atoms with Crippen LogP contribution in [0.25, 0.3) is 11.4 Å².